The zero-order valence-corrected chi connectivity index (χ0v) is 22.4. The third-order valence-electron chi connectivity index (χ3n) is 6.01. The van der Waals surface area contributed by atoms with Gasteiger partial charge in [0.15, 0.2) is 5.06 Å². The largest absolute Gasteiger partial charge is 0.445 e. The van der Waals surface area contributed by atoms with Gasteiger partial charge >= 0.3 is 12.2 Å². The van der Waals surface area contributed by atoms with Gasteiger partial charge in [0.05, 0.1) is 10.9 Å². The van der Waals surface area contributed by atoms with Crippen LogP contribution in [0.1, 0.15) is 16.7 Å². The molecule has 9 nitrogen and oxygen atoms in total. The lowest BCUT2D eigenvalue weighted by atomic mass is 10.0. The molecule has 2 heterocycles. The van der Waals surface area contributed by atoms with E-state index in [1.54, 1.807) is 12.1 Å². The SMILES string of the molecule is CN1CCc2ccc(NC(=O)[C@@H](CNC(=O)OCc3ccccc3)NC(=O)Oc3ccc(Cl)s3)cc2CC1. The van der Waals surface area contributed by atoms with Crippen molar-refractivity contribution in [2.45, 2.75) is 25.5 Å². The Kier molecular flexibility index (Phi) is 9.58. The molecular formula is C27H29ClN4O5S. The molecule has 0 saturated heterocycles. The number of hydrogen-bond acceptors (Lipinski definition) is 7. The summed E-state index contributed by atoms with van der Waals surface area (Å²) in [6, 6.07) is 17.0. The summed E-state index contributed by atoms with van der Waals surface area (Å²) in [6.07, 6.45) is 0.244. The van der Waals surface area contributed by atoms with Gasteiger partial charge in [-0.2, -0.15) is 0 Å². The van der Waals surface area contributed by atoms with E-state index in [1.807, 2.05) is 48.5 Å². The fraction of sp³-hybridized carbons (Fsp3) is 0.296. The standard InChI is InChI=1S/C27H29ClN4O5S/c1-32-13-11-19-7-8-21(15-20(19)12-14-32)30-25(33)22(31-27(35)37-24-10-9-23(28)38-24)16-29-26(34)36-17-18-5-3-2-4-6-18/h2-10,15,22H,11-14,16-17H2,1H3,(H,29,34)(H,30,33)(H,31,35)/t22-/m1/s1. The zero-order valence-electron chi connectivity index (χ0n) is 20.9. The van der Waals surface area contributed by atoms with Gasteiger partial charge in [-0.15, -0.1) is 0 Å². The van der Waals surface area contributed by atoms with Crippen molar-refractivity contribution in [2.75, 3.05) is 32.0 Å². The Labute approximate surface area is 230 Å². The Morgan fingerprint density at radius 1 is 1.00 bits per heavy atom. The quantitative estimate of drug-likeness (QED) is 0.378. The molecule has 0 unspecified atom stereocenters. The van der Waals surface area contributed by atoms with Crippen molar-refractivity contribution in [1.29, 1.82) is 0 Å². The topological polar surface area (TPSA) is 109 Å². The second kappa shape index (κ2) is 13.3. The minimum absolute atomic E-state index is 0.0719. The number of halogens is 1. The first-order chi connectivity index (χ1) is 18.4. The number of anilines is 1. The van der Waals surface area contributed by atoms with Crippen molar-refractivity contribution >= 4 is 46.7 Å². The smallest absolute Gasteiger partial charge is 0.414 e. The molecule has 0 bridgehead atoms. The van der Waals surface area contributed by atoms with E-state index in [1.165, 1.54) is 11.1 Å². The molecule has 0 fully saturated rings. The van der Waals surface area contributed by atoms with Gasteiger partial charge < -0.3 is 30.3 Å². The highest BCUT2D eigenvalue weighted by molar-refractivity contribution is 7.17. The Bertz CT molecular complexity index is 1270. The maximum Gasteiger partial charge on any atom is 0.414 e. The lowest BCUT2D eigenvalue weighted by molar-refractivity contribution is -0.117. The molecule has 38 heavy (non-hydrogen) atoms. The van der Waals surface area contributed by atoms with E-state index in [2.05, 4.69) is 27.9 Å². The minimum atomic E-state index is -1.13. The van der Waals surface area contributed by atoms with Gasteiger partial charge in [-0.1, -0.05) is 59.3 Å². The zero-order chi connectivity index (χ0) is 26.9. The summed E-state index contributed by atoms with van der Waals surface area (Å²) in [7, 11) is 2.09. The Hall–Kier alpha value is -3.60. The molecule has 0 saturated carbocycles. The number of fused-ring (bicyclic) bond motifs is 1. The average Bonchev–Trinajstić information content (AvgIpc) is 3.22. The normalized spacial score (nSPS) is 13.9. The van der Waals surface area contributed by atoms with Gasteiger partial charge in [0.1, 0.15) is 12.6 Å². The predicted octanol–water partition coefficient (Wildman–Crippen LogP) is 4.45. The highest BCUT2D eigenvalue weighted by atomic mass is 35.5. The summed E-state index contributed by atoms with van der Waals surface area (Å²) in [4.78, 5) is 40.2. The highest BCUT2D eigenvalue weighted by Gasteiger charge is 2.24. The van der Waals surface area contributed by atoms with Crippen LogP contribution in [-0.2, 0) is 29.0 Å². The van der Waals surface area contributed by atoms with E-state index in [0.29, 0.717) is 10.0 Å². The number of amides is 3. The van der Waals surface area contributed by atoms with E-state index in [9.17, 15) is 14.4 Å². The first kappa shape index (κ1) is 27.4. The second-order valence-electron chi connectivity index (χ2n) is 8.86. The molecule has 1 aliphatic heterocycles. The van der Waals surface area contributed by atoms with Crippen molar-refractivity contribution in [3.8, 4) is 5.06 Å². The molecule has 11 heteroatoms. The summed E-state index contributed by atoms with van der Waals surface area (Å²) < 4.78 is 10.9. The number of ether oxygens (including phenoxy) is 2. The van der Waals surface area contributed by atoms with Crippen molar-refractivity contribution in [3.05, 3.63) is 81.7 Å². The number of carbonyl (C=O) groups is 3. The molecule has 200 valence electrons. The van der Waals surface area contributed by atoms with Crippen molar-refractivity contribution in [3.63, 3.8) is 0 Å². The van der Waals surface area contributed by atoms with Crippen LogP contribution in [-0.4, -0.2) is 55.7 Å². The van der Waals surface area contributed by atoms with Crippen LogP contribution in [0.3, 0.4) is 0 Å². The molecule has 3 N–H and O–H groups in total. The number of alkyl carbamates (subject to hydrolysis) is 1. The van der Waals surface area contributed by atoms with Crippen LogP contribution in [0.2, 0.25) is 4.34 Å². The Morgan fingerprint density at radius 3 is 2.50 bits per heavy atom. The molecule has 3 aromatic rings. The number of nitrogens with one attached hydrogen (secondary N) is 3. The van der Waals surface area contributed by atoms with E-state index in [0.717, 1.165) is 42.8 Å². The summed E-state index contributed by atoms with van der Waals surface area (Å²) in [5.41, 5.74) is 3.86. The lowest BCUT2D eigenvalue weighted by Gasteiger charge is -2.19. The van der Waals surface area contributed by atoms with Crippen molar-refractivity contribution < 1.29 is 23.9 Å². The van der Waals surface area contributed by atoms with Gasteiger partial charge in [-0.05, 0) is 60.8 Å². The van der Waals surface area contributed by atoms with Crippen LogP contribution in [0.5, 0.6) is 5.06 Å². The Balaban J connectivity index is 1.39. The fourth-order valence-corrected chi connectivity index (χ4v) is 4.80. The lowest BCUT2D eigenvalue weighted by Crippen LogP contribution is -2.51. The first-order valence-electron chi connectivity index (χ1n) is 12.1. The van der Waals surface area contributed by atoms with E-state index < -0.39 is 24.1 Å². The predicted molar refractivity (Wildman–Crippen MR) is 147 cm³/mol. The molecule has 1 aromatic heterocycles. The molecule has 1 aliphatic rings. The molecule has 4 rings (SSSR count). The average molecular weight is 557 g/mol. The fourth-order valence-electron chi connectivity index (χ4n) is 3.93. The number of thiophene rings is 1. The summed E-state index contributed by atoms with van der Waals surface area (Å²) in [5.74, 6) is -0.514. The number of benzene rings is 2. The van der Waals surface area contributed by atoms with Crippen molar-refractivity contribution in [1.82, 2.24) is 15.5 Å². The third-order valence-corrected chi connectivity index (χ3v) is 7.12. The van der Waals surface area contributed by atoms with E-state index in [4.69, 9.17) is 21.1 Å². The number of rotatable bonds is 8. The summed E-state index contributed by atoms with van der Waals surface area (Å²) in [6.45, 7) is 1.77. The van der Waals surface area contributed by atoms with Gasteiger partial charge in [0.25, 0.3) is 0 Å². The molecule has 3 amide bonds. The van der Waals surface area contributed by atoms with E-state index >= 15 is 0 Å². The Morgan fingerprint density at radius 2 is 1.76 bits per heavy atom. The number of nitrogens with zero attached hydrogens (tertiary/aromatic N) is 1. The second-order valence-corrected chi connectivity index (χ2v) is 10.5. The van der Waals surface area contributed by atoms with Gasteiger partial charge in [-0.3, -0.25) is 4.79 Å². The van der Waals surface area contributed by atoms with Crippen LogP contribution >= 0.6 is 22.9 Å². The molecule has 0 aliphatic carbocycles. The highest BCUT2D eigenvalue weighted by Crippen LogP contribution is 2.28. The molecule has 1 atom stereocenters. The summed E-state index contributed by atoms with van der Waals surface area (Å²) in [5, 5.41) is 8.18. The summed E-state index contributed by atoms with van der Waals surface area (Å²) >= 11 is 6.98. The van der Waals surface area contributed by atoms with Crippen molar-refractivity contribution in [2.24, 2.45) is 0 Å². The number of likely N-dealkylation sites (N-methyl/N-ethyl adjacent to an activating group) is 1. The van der Waals surface area contributed by atoms with Crippen LogP contribution in [0.4, 0.5) is 15.3 Å². The number of hydrogen-bond donors (Lipinski definition) is 3. The van der Waals surface area contributed by atoms with Gasteiger partial charge in [-0.25, -0.2) is 9.59 Å². The monoisotopic (exact) mass is 556 g/mol. The maximum atomic E-state index is 13.2. The molecule has 2 aromatic carbocycles. The molecular weight excluding hydrogens is 528 g/mol. The number of carbonyl (C=O) groups excluding carboxylic acids is 3. The minimum Gasteiger partial charge on any atom is -0.445 e. The molecule has 0 radical (unpaired) electrons. The van der Waals surface area contributed by atoms with Gasteiger partial charge in [0, 0.05) is 18.8 Å². The van der Waals surface area contributed by atoms with Gasteiger partial charge in [0.2, 0.25) is 5.91 Å². The maximum absolute atomic E-state index is 13.2. The molecule has 0 spiro atoms. The van der Waals surface area contributed by atoms with Crippen LogP contribution < -0.4 is 20.7 Å². The van der Waals surface area contributed by atoms with Crippen LogP contribution in [0, 0.1) is 0 Å². The van der Waals surface area contributed by atoms with E-state index in [-0.39, 0.29) is 18.2 Å². The first-order valence-corrected chi connectivity index (χ1v) is 13.3. The third kappa shape index (κ3) is 8.20. The van der Waals surface area contributed by atoms with Crippen LogP contribution in [0.15, 0.2) is 60.7 Å². The van der Waals surface area contributed by atoms with Crippen LogP contribution in [0.25, 0.3) is 0 Å².